The number of hydrogen-bond donors (Lipinski definition) is 2. The van der Waals surface area contributed by atoms with Crippen molar-refractivity contribution in [3.8, 4) is 11.3 Å². The molecule has 348 valence electrons. The molecule has 18 heteroatoms. The maximum absolute atomic E-state index is 13.7. The van der Waals surface area contributed by atoms with Gasteiger partial charge in [0.05, 0.1) is 96.7 Å². The van der Waals surface area contributed by atoms with E-state index in [2.05, 4.69) is 10.1 Å². The highest BCUT2D eigenvalue weighted by atomic mass is 32.2. The van der Waals surface area contributed by atoms with Crippen LogP contribution in [0.2, 0.25) is 0 Å². The number of aliphatic hydroxyl groups excluding tert-OH is 1. The molecule has 0 unspecified atom stereocenters. The molecule has 2 N–H and O–H groups in total. The molecule has 16 nitrogen and oxygen atoms in total. The van der Waals surface area contributed by atoms with Crippen LogP contribution in [-0.4, -0.2) is 130 Å². The van der Waals surface area contributed by atoms with Gasteiger partial charge in [0.25, 0.3) is 11.7 Å². The van der Waals surface area contributed by atoms with Crippen molar-refractivity contribution in [3.05, 3.63) is 94.8 Å². The number of fused-ring (bicyclic) bond motifs is 1. The van der Waals surface area contributed by atoms with Gasteiger partial charge in [-0.2, -0.15) is 0 Å². The molecule has 0 atom stereocenters. The number of halogens is 1. The van der Waals surface area contributed by atoms with E-state index in [9.17, 15) is 32.3 Å². The second-order valence-electron chi connectivity index (χ2n) is 14.7. The topological polar surface area (TPSA) is 199 Å². The molecular formula is C46H57FN2O14S. The molecule has 0 aliphatic heterocycles. The van der Waals surface area contributed by atoms with Gasteiger partial charge in [0.15, 0.2) is 0 Å². The second kappa shape index (κ2) is 25.3. The fraction of sp³-hybridized carbons (Fsp3) is 0.457. The molecule has 0 spiro atoms. The van der Waals surface area contributed by atoms with E-state index in [-0.39, 0.29) is 49.7 Å². The number of hydrogen-bond acceptors (Lipinski definition) is 14. The van der Waals surface area contributed by atoms with Gasteiger partial charge < -0.3 is 48.0 Å². The van der Waals surface area contributed by atoms with E-state index in [1.807, 2.05) is 12.1 Å². The van der Waals surface area contributed by atoms with Gasteiger partial charge in [0, 0.05) is 48.9 Å². The first-order valence-corrected chi connectivity index (χ1v) is 23.0. The zero-order chi connectivity index (χ0) is 45.9. The Kier molecular flexibility index (Phi) is 19.7. The van der Waals surface area contributed by atoms with Crippen molar-refractivity contribution < 1.29 is 69.9 Å². The van der Waals surface area contributed by atoms with Gasteiger partial charge in [-0.1, -0.05) is 18.2 Å². The lowest BCUT2D eigenvalue weighted by molar-refractivity contribution is -0.151. The first kappa shape index (κ1) is 49.8. The highest BCUT2D eigenvalue weighted by Gasteiger charge is 2.33. The minimum absolute atomic E-state index is 0.0629. The third-order valence-corrected chi connectivity index (χ3v) is 11.0. The van der Waals surface area contributed by atoms with E-state index in [0.717, 1.165) is 36.3 Å². The maximum Gasteiger partial charge on any atom is 0.379 e. The number of nitrogens with one attached hydrogen (secondary N) is 1. The summed E-state index contributed by atoms with van der Waals surface area (Å²) in [5.74, 6) is -2.70. The van der Waals surface area contributed by atoms with E-state index < -0.39 is 27.6 Å². The summed E-state index contributed by atoms with van der Waals surface area (Å²) in [7, 11) is -2.21. The van der Waals surface area contributed by atoms with Crippen LogP contribution in [0.1, 0.15) is 59.2 Å². The van der Waals surface area contributed by atoms with E-state index >= 15 is 0 Å². The third kappa shape index (κ3) is 15.2. The lowest BCUT2D eigenvalue weighted by atomic mass is 10.0. The number of rotatable bonds is 30. The number of anilines is 1. The van der Waals surface area contributed by atoms with Crippen LogP contribution in [0.4, 0.5) is 10.1 Å². The third-order valence-electron chi connectivity index (χ3n) is 9.82. The zero-order valence-corrected chi connectivity index (χ0v) is 37.3. The molecular weight excluding hydrogens is 856 g/mol. The molecule has 1 heterocycles. The molecule has 0 bridgehead atoms. The average Bonchev–Trinajstić information content (AvgIpc) is 4.06. The number of benzene rings is 3. The lowest BCUT2D eigenvalue weighted by Gasteiger charge is -2.25. The van der Waals surface area contributed by atoms with E-state index in [0.29, 0.717) is 106 Å². The summed E-state index contributed by atoms with van der Waals surface area (Å²) >= 11 is 0. The molecule has 1 fully saturated rings. The minimum atomic E-state index is -3.73. The van der Waals surface area contributed by atoms with Gasteiger partial charge in [-0.3, -0.25) is 13.9 Å². The molecule has 0 radical (unpaired) electrons. The Morgan fingerprint density at radius 2 is 1.45 bits per heavy atom. The number of carbonyl (C=O) groups excluding carboxylic acids is 3. The number of amides is 1. The number of nitrogens with zero attached hydrogens (tertiary/aromatic N) is 1. The van der Waals surface area contributed by atoms with Gasteiger partial charge in [-0.05, 0) is 79.6 Å². The average molecular weight is 913 g/mol. The van der Waals surface area contributed by atoms with Crippen molar-refractivity contribution in [2.75, 3.05) is 103 Å². The van der Waals surface area contributed by atoms with Crippen molar-refractivity contribution in [3.63, 3.8) is 0 Å². The smallest absolute Gasteiger partial charge is 0.379 e. The summed E-state index contributed by atoms with van der Waals surface area (Å²) in [5, 5.41) is 13.4. The molecule has 1 amide bonds. The van der Waals surface area contributed by atoms with Crippen molar-refractivity contribution in [2.24, 2.45) is 0 Å². The number of ether oxygens (including phenoxy) is 7. The van der Waals surface area contributed by atoms with Gasteiger partial charge in [0.1, 0.15) is 22.9 Å². The van der Waals surface area contributed by atoms with Crippen LogP contribution in [0.25, 0.3) is 28.1 Å². The van der Waals surface area contributed by atoms with Crippen molar-refractivity contribution in [2.45, 2.75) is 38.7 Å². The summed E-state index contributed by atoms with van der Waals surface area (Å²) in [4.78, 5) is 36.4. The van der Waals surface area contributed by atoms with Crippen molar-refractivity contribution in [1.29, 1.82) is 0 Å². The fourth-order valence-electron chi connectivity index (χ4n) is 6.58. The highest BCUT2D eigenvalue weighted by molar-refractivity contribution is 7.92. The zero-order valence-electron chi connectivity index (χ0n) is 36.4. The number of esters is 1. The van der Waals surface area contributed by atoms with Crippen molar-refractivity contribution >= 4 is 50.1 Å². The monoisotopic (exact) mass is 912 g/mol. The van der Waals surface area contributed by atoms with Crippen LogP contribution >= 0.6 is 0 Å². The Morgan fingerprint density at radius 1 is 0.844 bits per heavy atom. The van der Waals surface area contributed by atoms with Crippen LogP contribution in [-0.2, 0) is 59.4 Å². The van der Waals surface area contributed by atoms with Gasteiger partial charge >= 0.3 is 5.97 Å². The first-order valence-electron chi connectivity index (χ1n) is 21.1. The number of furan rings is 1. The Bertz CT molecular complexity index is 2290. The minimum Gasteiger partial charge on any atom is -0.507 e. The highest BCUT2D eigenvalue weighted by Crippen LogP contribution is 2.48. The van der Waals surface area contributed by atoms with Crippen LogP contribution in [0.5, 0.6) is 0 Å². The maximum atomic E-state index is 13.7. The Morgan fingerprint density at radius 3 is 2.05 bits per heavy atom. The quantitative estimate of drug-likeness (QED) is 0.0204. The fourth-order valence-corrected chi connectivity index (χ4v) is 7.50. The molecule has 5 rings (SSSR count). The first-order chi connectivity index (χ1) is 30.9. The summed E-state index contributed by atoms with van der Waals surface area (Å²) in [6.07, 6.45) is 4.36. The summed E-state index contributed by atoms with van der Waals surface area (Å²) in [6.45, 7) is 5.98. The van der Waals surface area contributed by atoms with Crippen molar-refractivity contribution in [1.82, 2.24) is 5.32 Å². The van der Waals surface area contributed by atoms with Crippen LogP contribution < -0.4 is 9.62 Å². The standard InChI is InChI=1S/C46H57FN2O14S/c1-4-62-46(53)41(51)30-40(50)35-8-5-7-32(27-35)31-61-26-25-60-24-23-59-22-21-58-20-19-57-17-6-16-56-18-15-49(64(3,54)55)39-29-42-38(28-37(39)33-9-10-33)43(45(52)48-2)44(63-42)34-11-13-36(47)14-12-34/h5,7-8,11-14,27-30,33,50H,4,6,9-10,15-26,31H2,1-3H3,(H,48,52). The molecule has 1 aromatic heterocycles. The van der Waals surface area contributed by atoms with Gasteiger partial charge in [-0.25, -0.2) is 17.6 Å². The molecule has 3 aromatic carbocycles. The second-order valence-corrected chi connectivity index (χ2v) is 16.6. The predicted molar refractivity (Wildman–Crippen MR) is 236 cm³/mol. The Hall–Kier alpha value is -5.21. The summed E-state index contributed by atoms with van der Waals surface area (Å²) in [6, 6.07) is 15.9. The Labute approximate surface area is 372 Å². The Balaban J connectivity index is 0.915. The number of sulfonamides is 1. The largest absolute Gasteiger partial charge is 0.507 e. The lowest BCUT2D eigenvalue weighted by Crippen LogP contribution is -2.34. The number of carbonyl (C=O) groups is 3. The molecule has 1 aliphatic rings. The normalized spacial score (nSPS) is 13.0. The molecule has 64 heavy (non-hydrogen) atoms. The van der Waals surface area contributed by atoms with E-state index in [4.69, 9.17) is 32.8 Å². The van der Waals surface area contributed by atoms with E-state index in [1.54, 1.807) is 31.2 Å². The number of aliphatic hydroxyl groups is 1. The van der Waals surface area contributed by atoms with E-state index in [1.165, 1.54) is 35.6 Å². The molecule has 1 saturated carbocycles. The molecule has 4 aromatic rings. The summed E-state index contributed by atoms with van der Waals surface area (Å²) < 4.78 is 85.8. The SMILES string of the molecule is CCOC(=O)C(=O)C=C(O)c1cccc(COCCOCCOCCOCCOCCCOCCN(c2cc3oc(-c4ccc(F)cc4)c(C(=O)NC)c3cc2C2CC2)S(C)(=O)=O)c1. The van der Waals surface area contributed by atoms with Crippen LogP contribution in [0, 0.1) is 5.82 Å². The predicted octanol–water partition coefficient (Wildman–Crippen LogP) is 5.96. The van der Waals surface area contributed by atoms with Gasteiger partial charge in [0.2, 0.25) is 10.0 Å². The van der Waals surface area contributed by atoms with Gasteiger partial charge in [-0.15, -0.1) is 0 Å². The summed E-state index contributed by atoms with van der Waals surface area (Å²) in [5.41, 5.74) is 3.59. The molecule has 0 saturated heterocycles. The molecule has 1 aliphatic carbocycles. The number of ketones is 1. The van der Waals surface area contributed by atoms with Crippen LogP contribution in [0.15, 0.2) is 71.2 Å². The van der Waals surface area contributed by atoms with Crippen LogP contribution in [0.3, 0.4) is 0 Å².